The Morgan fingerprint density at radius 3 is 2.58 bits per heavy atom. The lowest BCUT2D eigenvalue weighted by Gasteiger charge is -2.07. The van der Waals surface area contributed by atoms with Crippen LogP contribution in [0.15, 0.2) is 24.3 Å². The molecule has 0 spiro atoms. The largest absolute Gasteiger partial charge is 0.381 e. The highest BCUT2D eigenvalue weighted by Crippen LogP contribution is 2.22. The summed E-state index contributed by atoms with van der Waals surface area (Å²) in [5.74, 6) is -0.303. The monoisotopic (exact) mass is 184 g/mol. The SMILES string of the molecule is CC(=O)[C@H](O)c1ccccc1Cl. The molecule has 0 fully saturated rings. The van der Waals surface area contributed by atoms with E-state index < -0.39 is 6.10 Å². The van der Waals surface area contributed by atoms with Gasteiger partial charge in [0.2, 0.25) is 0 Å². The topological polar surface area (TPSA) is 37.3 Å². The fourth-order valence-electron chi connectivity index (χ4n) is 0.916. The third-order valence-corrected chi connectivity index (χ3v) is 1.93. The third kappa shape index (κ3) is 1.84. The summed E-state index contributed by atoms with van der Waals surface area (Å²) >= 11 is 5.75. The van der Waals surface area contributed by atoms with Crippen molar-refractivity contribution in [2.75, 3.05) is 0 Å². The number of rotatable bonds is 2. The molecule has 3 heteroatoms. The lowest BCUT2D eigenvalue weighted by atomic mass is 10.1. The number of hydrogen-bond acceptors (Lipinski definition) is 2. The quantitative estimate of drug-likeness (QED) is 0.763. The van der Waals surface area contributed by atoms with Gasteiger partial charge in [0.1, 0.15) is 6.10 Å². The normalized spacial score (nSPS) is 12.6. The van der Waals surface area contributed by atoms with Gasteiger partial charge >= 0.3 is 0 Å². The fraction of sp³-hybridized carbons (Fsp3) is 0.222. The zero-order chi connectivity index (χ0) is 9.14. The second-order valence-corrected chi connectivity index (χ2v) is 2.94. The number of aliphatic hydroxyl groups is 1. The van der Waals surface area contributed by atoms with E-state index in [1.165, 1.54) is 6.92 Å². The van der Waals surface area contributed by atoms with Crippen LogP contribution in [0, 0.1) is 0 Å². The van der Waals surface area contributed by atoms with Gasteiger partial charge in [-0.25, -0.2) is 0 Å². The molecule has 0 saturated heterocycles. The summed E-state index contributed by atoms with van der Waals surface area (Å²) in [7, 11) is 0. The molecule has 0 aliphatic rings. The van der Waals surface area contributed by atoms with Crippen LogP contribution in [0.3, 0.4) is 0 Å². The third-order valence-electron chi connectivity index (χ3n) is 1.58. The number of hydrogen-bond donors (Lipinski definition) is 1. The molecule has 1 N–H and O–H groups in total. The van der Waals surface area contributed by atoms with Gasteiger partial charge in [-0.2, -0.15) is 0 Å². The maximum absolute atomic E-state index is 10.8. The van der Waals surface area contributed by atoms with Crippen molar-refractivity contribution in [2.45, 2.75) is 13.0 Å². The molecule has 2 nitrogen and oxygen atoms in total. The Balaban J connectivity index is 3.02. The van der Waals surface area contributed by atoms with Crippen LogP contribution in [0.4, 0.5) is 0 Å². The summed E-state index contributed by atoms with van der Waals surface area (Å²) < 4.78 is 0. The molecule has 1 aromatic rings. The number of halogens is 1. The van der Waals surface area contributed by atoms with Gasteiger partial charge in [0.15, 0.2) is 5.78 Å². The molecule has 0 aliphatic heterocycles. The van der Waals surface area contributed by atoms with Crippen molar-refractivity contribution in [3.8, 4) is 0 Å². The van der Waals surface area contributed by atoms with Gasteiger partial charge in [-0.1, -0.05) is 29.8 Å². The highest BCUT2D eigenvalue weighted by molar-refractivity contribution is 6.31. The molecule has 0 bridgehead atoms. The predicted octanol–water partition coefficient (Wildman–Crippen LogP) is 1.96. The molecule has 0 unspecified atom stereocenters. The highest BCUT2D eigenvalue weighted by atomic mass is 35.5. The average molecular weight is 185 g/mol. The summed E-state index contributed by atoms with van der Waals surface area (Å²) in [6.45, 7) is 1.33. The van der Waals surface area contributed by atoms with Crippen LogP contribution < -0.4 is 0 Å². The first-order valence-electron chi connectivity index (χ1n) is 3.56. The molecular formula is C9H9ClO2. The van der Waals surface area contributed by atoms with E-state index in [1.54, 1.807) is 24.3 Å². The summed E-state index contributed by atoms with van der Waals surface area (Å²) in [5, 5.41) is 9.76. The van der Waals surface area contributed by atoms with E-state index in [4.69, 9.17) is 11.6 Å². The number of Topliss-reactive ketones (excluding diaryl/α,β-unsaturated/α-hetero) is 1. The first-order chi connectivity index (χ1) is 5.63. The van der Waals surface area contributed by atoms with Gasteiger partial charge in [0.05, 0.1) is 0 Å². The highest BCUT2D eigenvalue weighted by Gasteiger charge is 2.14. The van der Waals surface area contributed by atoms with E-state index in [1.807, 2.05) is 0 Å². The Morgan fingerprint density at radius 1 is 1.50 bits per heavy atom. The fourth-order valence-corrected chi connectivity index (χ4v) is 1.15. The van der Waals surface area contributed by atoms with Crippen LogP contribution in [-0.2, 0) is 4.79 Å². The lowest BCUT2D eigenvalue weighted by Crippen LogP contribution is -2.07. The minimum absolute atomic E-state index is 0.303. The Hall–Kier alpha value is -0.860. The molecule has 12 heavy (non-hydrogen) atoms. The standard InChI is InChI=1S/C9H9ClO2/c1-6(11)9(12)7-4-2-3-5-8(7)10/h2-5,9,12H,1H3/t9-/m0/s1. The van der Waals surface area contributed by atoms with Gasteiger partial charge in [-0.3, -0.25) is 4.79 Å². The molecule has 0 aliphatic carbocycles. The van der Waals surface area contributed by atoms with E-state index in [9.17, 15) is 9.90 Å². The van der Waals surface area contributed by atoms with Crippen LogP contribution in [0.1, 0.15) is 18.6 Å². The van der Waals surface area contributed by atoms with Gasteiger partial charge in [-0.15, -0.1) is 0 Å². The molecule has 0 amide bonds. The Kier molecular flexibility index (Phi) is 2.84. The Labute approximate surface area is 75.8 Å². The number of benzene rings is 1. The van der Waals surface area contributed by atoms with E-state index in [0.717, 1.165) is 0 Å². The van der Waals surface area contributed by atoms with Crippen molar-refractivity contribution >= 4 is 17.4 Å². The molecule has 64 valence electrons. The molecule has 0 heterocycles. The van der Waals surface area contributed by atoms with Crippen molar-refractivity contribution in [2.24, 2.45) is 0 Å². The lowest BCUT2D eigenvalue weighted by molar-refractivity contribution is -0.125. The molecule has 1 atom stereocenters. The second-order valence-electron chi connectivity index (χ2n) is 2.53. The van der Waals surface area contributed by atoms with E-state index in [2.05, 4.69) is 0 Å². The molecular weight excluding hydrogens is 176 g/mol. The van der Waals surface area contributed by atoms with Crippen molar-refractivity contribution in [3.63, 3.8) is 0 Å². The van der Waals surface area contributed by atoms with Gasteiger partial charge in [0.25, 0.3) is 0 Å². The van der Waals surface area contributed by atoms with E-state index in [0.29, 0.717) is 10.6 Å². The smallest absolute Gasteiger partial charge is 0.162 e. The van der Waals surface area contributed by atoms with Crippen molar-refractivity contribution in [1.29, 1.82) is 0 Å². The van der Waals surface area contributed by atoms with E-state index in [-0.39, 0.29) is 5.78 Å². The zero-order valence-electron chi connectivity index (χ0n) is 6.62. The molecule has 0 radical (unpaired) electrons. The van der Waals surface area contributed by atoms with Crippen LogP contribution in [0.2, 0.25) is 5.02 Å². The summed E-state index contributed by atoms with van der Waals surface area (Å²) in [5.41, 5.74) is 0.465. The van der Waals surface area contributed by atoms with Gasteiger partial charge < -0.3 is 5.11 Å². The number of ketones is 1. The minimum atomic E-state index is -1.10. The summed E-state index contributed by atoms with van der Waals surface area (Å²) in [6.07, 6.45) is -1.10. The molecule has 0 saturated carbocycles. The molecule has 1 rings (SSSR count). The van der Waals surface area contributed by atoms with Crippen molar-refractivity contribution in [1.82, 2.24) is 0 Å². The summed E-state index contributed by atoms with van der Waals surface area (Å²) in [4.78, 5) is 10.8. The first kappa shape index (κ1) is 9.23. The minimum Gasteiger partial charge on any atom is -0.381 e. The van der Waals surface area contributed by atoms with Gasteiger partial charge in [0, 0.05) is 10.6 Å². The Bertz CT molecular complexity index is 296. The van der Waals surface area contributed by atoms with Crippen LogP contribution in [0.25, 0.3) is 0 Å². The maximum Gasteiger partial charge on any atom is 0.162 e. The van der Waals surface area contributed by atoms with Crippen molar-refractivity contribution < 1.29 is 9.90 Å². The summed E-state index contributed by atoms with van der Waals surface area (Å²) in [6, 6.07) is 6.75. The number of aliphatic hydroxyl groups excluding tert-OH is 1. The van der Waals surface area contributed by atoms with Gasteiger partial charge in [-0.05, 0) is 13.0 Å². The molecule has 1 aromatic carbocycles. The second kappa shape index (κ2) is 3.70. The molecule has 0 aromatic heterocycles. The van der Waals surface area contributed by atoms with Crippen molar-refractivity contribution in [3.05, 3.63) is 34.9 Å². The Morgan fingerprint density at radius 2 is 2.08 bits per heavy atom. The number of carbonyl (C=O) groups excluding carboxylic acids is 1. The van der Waals surface area contributed by atoms with Crippen LogP contribution >= 0.6 is 11.6 Å². The maximum atomic E-state index is 10.8. The zero-order valence-corrected chi connectivity index (χ0v) is 7.38. The van der Waals surface area contributed by atoms with Crippen LogP contribution in [0.5, 0.6) is 0 Å². The number of carbonyl (C=O) groups is 1. The van der Waals surface area contributed by atoms with Crippen LogP contribution in [-0.4, -0.2) is 10.9 Å². The predicted molar refractivity (Wildman–Crippen MR) is 47.1 cm³/mol. The van der Waals surface area contributed by atoms with E-state index >= 15 is 0 Å². The average Bonchev–Trinajstić information content (AvgIpc) is 2.04. The first-order valence-corrected chi connectivity index (χ1v) is 3.93.